The summed E-state index contributed by atoms with van der Waals surface area (Å²) in [6.07, 6.45) is 7.11. The van der Waals surface area contributed by atoms with E-state index in [1.807, 2.05) is 70.4 Å². The minimum absolute atomic E-state index is 0.0184. The summed E-state index contributed by atoms with van der Waals surface area (Å²) in [5, 5.41) is 6.47. The molecular formula is C30H42Cl2N8O2. The van der Waals surface area contributed by atoms with E-state index in [0.29, 0.717) is 23.2 Å². The van der Waals surface area contributed by atoms with Crippen LogP contribution < -0.4 is 27.2 Å². The minimum Gasteiger partial charge on any atom is -0.490 e. The van der Waals surface area contributed by atoms with E-state index in [9.17, 15) is 4.79 Å². The molecule has 0 saturated heterocycles. The number of rotatable bonds is 7. The number of allylic oxidation sites excluding steroid dienone is 3. The van der Waals surface area contributed by atoms with Gasteiger partial charge < -0.3 is 20.4 Å². The number of guanidine groups is 2. The van der Waals surface area contributed by atoms with Gasteiger partial charge in [0.15, 0.2) is 0 Å². The monoisotopic (exact) mass is 616 g/mol. The SMILES string of the molecule is C/C(Cl)=C/Cl.C/C=C(\C)N(C)C(=Nc1ccc(OC2CCCC2)cc1)N(C)Cc1ccc(C(=O)N/C(=N/N)NN)cc1. The molecule has 1 amide bonds. The molecule has 1 aliphatic rings. The smallest absolute Gasteiger partial charge is 0.258 e. The van der Waals surface area contributed by atoms with E-state index >= 15 is 0 Å². The lowest BCUT2D eigenvalue weighted by Gasteiger charge is -2.30. The highest BCUT2D eigenvalue weighted by Gasteiger charge is 2.17. The maximum Gasteiger partial charge on any atom is 0.258 e. The van der Waals surface area contributed by atoms with Crippen LogP contribution in [0.15, 0.2) is 81.0 Å². The van der Waals surface area contributed by atoms with Crippen molar-refractivity contribution in [2.24, 2.45) is 21.8 Å². The summed E-state index contributed by atoms with van der Waals surface area (Å²) in [6.45, 7) is 6.35. The van der Waals surface area contributed by atoms with E-state index in [0.717, 1.165) is 41.5 Å². The number of amides is 1. The first-order valence-corrected chi connectivity index (χ1v) is 14.4. The van der Waals surface area contributed by atoms with Gasteiger partial charge in [0, 0.05) is 42.5 Å². The van der Waals surface area contributed by atoms with Gasteiger partial charge in [0.25, 0.3) is 5.91 Å². The van der Waals surface area contributed by atoms with Crippen LogP contribution in [0.2, 0.25) is 0 Å². The fourth-order valence-corrected chi connectivity index (χ4v) is 4.07. The van der Waals surface area contributed by atoms with Gasteiger partial charge in [-0.2, -0.15) is 0 Å². The molecule has 1 saturated carbocycles. The Balaban J connectivity index is 0.00000113. The number of nitrogens with zero attached hydrogens (tertiary/aromatic N) is 4. The molecule has 10 nitrogen and oxygen atoms in total. The van der Waals surface area contributed by atoms with E-state index in [2.05, 4.69) is 25.6 Å². The molecule has 42 heavy (non-hydrogen) atoms. The van der Waals surface area contributed by atoms with Crippen LogP contribution >= 0.6 is 23.2 Å². The second-order valence-corrected chi connectivity index (χ2v) is 10.6. The second kappa shape index (κ2) is 17.9. The molecule has 12 heteroatoms. The predicted molar refractivity (Wildman–Crippen MR) is 173 cm³/mol. The molecule has 0 atom stereocenters. The van der Waals surface area contributed by atoms with Crippen LogP contribution in [0.25, 0.3) is 0 Å². The normalized spacial score (nSPS) is 14.6. The fraction of sp³-hybridized carbons (Fsp3) is 0.367. The molecule has 3 rings (SSSR count). The summed E-state index contributed by atoms with van der Waals surface area (Å²) in [7, 11) is 3.99. The molecule has 0 radical (unpaired) electrons. The van der Waals surface area contributed by atoms with Gasteiger partial charge in [0.1, 0.15) is 5.75 Å². The molecular weight excluding hydrogens is 575 g/mol. The van der Waals surface area contributed by atoms with Crippen LogP contribution in [-0.4, -0.2) is 47.8 Å². The Morgan fingerprint density at radius 3 is 2.19 bits per heavy atom. The molecule has 1 fully saturated rings. The van der Waals surface area contributed by atoms with E-state index in [1.54, 1.807) is 19.1 Å². The van der Waals surface area contributed by atoms with Gasteiger partial charge in [-0.05, 0) is 88.4 Å². The van der Waals surface area contributed by atoms with Crippen LogP contribution in [0, 0.1) is 0 Å². The second-order valence-electron chi connectivity index (χ2n) is 9.74. The van der Waals surface area contributed by atoms with Crippen LogP contribution in [0.5, 0.6) is 5.75 Å². The van der Waals surface area contributed by atoms with Gasteiger partial charge in [-0.1, -0.05) is 41.4 Å². The third kappa shape index (κ3) is 11.3. The number of hydrogen-bond acceptors (Lipinski definition) is 6. The summed E-state index contributed by atoms with van der Waals surface area (Å²) in [5.74, 6) is 11.7. The molecule has 2 aromatic rings. The molecule has 0 spiro atoms. The Kier molecular flexibility index (Phi) is 14.7. The number of nitrogens with one attached hydrogen (secondary N) is 2. The highest BCUT2D eigenvalue weighted by Crippen LogP contribution is 2.26. The molecule has 0 aromatic heterocycles. The molecule has 6 N–H and O–H groups in total. The van der Waals surface area contributed by atoms with E-state index < -0.39 is 0 Å². The molecule has 2 aromatic carbocycles. The van der Waals surface area contributed by atoms with E-state index in [-0.39, 0.29) is 11.9 Å². The number of benzene rings is 2. The van der Waals surface area contributed by atoms with E-state index in [1.165, 1.54) is 18.4 Å². The summed E-state index contributed by atoms with van der Waals surface area (Å²) in [4.78, 5) is 21.4. The standard InChI is InChI=1S/C27H38N8O2.C3H4Cl2/c1-5-19(2)35(4)27(30-22-14-16-24(17-15-22)37-23-8-6-7-9-23)34(3)18-20-10-12-21(13-11-20)25(36)31-26(32-28)33-29;1-3(5)2-4/h5,10-17,23H,6-9,18,28-29H2,1-4H3,(H2,31,32,33,36);2H,1H3/b19-5+,30-27?;3-2-. The number of carbonyl (C=O) groups is 1. The third-order valence-corrected chi connectivity index (χ3v) is 7.09. The molecule has 228 valence electrons. The molecule has 0 bridgehead atoms. The molecule has 1 aliphatic carbocycles. The largest absolute Gasteiger partial charge is 0.490 e. The Hall–Kier alpha value is -3.73. The zero-order valence-electron chi connectivity index (χ0n) is 24.9. The summed E-state index contributed by atoms with van der Waals surface area (Å²) in [6, 6.07) is 15.2. The first-order valence-electron chi connectivity index (χ1n) is 13.6. The zero-order chi connectivity index (χ0) is 31.1. The number of carbonyl (C=O) groups excluding carboxylic acids is 1. The van der Waals surface area contributed by atoms with Gasteiger partial charge in [0.2, 0.25) is 11.9 Å². The summed E-state index contributed by atoms with van der Waals surface area (Å²) < 4.78 is 6.10. The van der Waals surface area contributed by atoms with Crippen molar-refractivity contribution < 1.29 is 9.53 Å². The lowest BCUT2D eigenvalue weighted by Crippen LogP contribution is -2.45. The lowest BCUT2D eigenvalue weighted by molar-refractivity contribution is 0.0975. The Labute approximate surface area is 259 Å². The first kappa shape index (κ1) is 34.5. The van der Waals surface area contributed by atoms with Crippen molar-refractivity contribution in [3.8, 4) is 5.75 Å². The van der Waals surface area contributed by atoms with Crippen LogP contribution in [0.1, 0.15) is 62.4 Å². The number of hydrogen-bond donors (Lipinski definition) is 4. The van der Waals surface area contributed by atoms with E-state index in [4.69, 9.17) is 44.6 Å². The Morgan fingerprint density at radius 1 is 1.10 bits per heavy atom. The molecule has 0 heterocycles. The number of hydrazone groups is 1. The maximum absolute atomic E-state index is 12.3. The van der Waals surface area contributed by atoms with Crippen LogP contribution in [0.4, 0.5) is 5.69 Å². The number of aliphatic imine (C=N–C) groups is 1. The van der Waals surface area contributed by atoms with Crippen LogP contribution in [-0.2, 0) is 6.54 Å². The van der Waals surface area contributed by atoms with Crippen molar-refractivity contribution in [2.75, 3.05) is 14.1 Å². The van der Waals surface area contributed by atoms with Crippen molar-refractivity contribution >= 4 is 46.7 Å². The number of nitrogens with two attached hydrogens (primary N) is 2. The van der Waals surface area contributed by atoms with Gasteiger partial charge >= 0.3 is 0 Å². The number of hydrazine groups is 1. The average molecular weight is 618 g/mol. The van der Waals surface area contributed by atoms with Crippen molar-refractivity contribution in [1.29, 1.82) is 0 Å². The topological polar surface area (TPSA) is 134 Å². The molecule has 0 aliphatic heterocycles. The first-order chi connectivity index (χ1) is 20.1. The van der Waals surface area contributed by atoms with Gasteiger partial charge in [-0.15, -0.1) is 5.10 Å². The van der Waals surface area contributed by atoms with Crippen LogP contribution in [0.3, 0.4) is 0 Å². The summed E-state index contributed by atoms with van der Waals surface area (Å²) in [5.41, 5.74) is 6.93. The van der Waals surface area contributed by atoms with Gasteiger partial charge in [-0.3, -0.25) is 15.5 Å². The highest BCUT2D eigenvalue weighted by atomic mass is 35.5. The summed E-state index contributed by atoms with van der Waals surface area (Å²) >= 11 is 10.2. The van der Waals surface area contributed by atoms with Crippen molar-refractivity contribution in [1.82, 2.24) is 20.5 Å². The minimum atomic E-state index is -0.367. The van der Waals surface area contributed by atoms with Gasteiger partial charge in [0.05, 0.1) is 11.8 Å². The number of halogens is 2. The van der Waals surface area contributed by atoms with Crippen molar-refractivity contribution in [3.63, 3.8) is 0 Å². The van der Waals surface area contributed by atoms with Crippen molar-refractivity contribution in [2.45, 2.75) is 59.1 Å². The quantitative estimate of drug-likeness (QED) is 0.135. The Bertz CT molecular complexity index is 1250. The fourth-order valence-electron chi connectivity index (χ4n) is 4.07. The predicted octanol–water partition coefficient (Wildman–Crippen LogP) is 5.73. The zero-order valence-corrected chi connectivity index (χ0v) is 26.4. The van der Waals surface area contributed by atoms with Gasteiger partial charge in [-0.25, -0.2) is 10.8 Å². The third-order valence-electron chi connectivity index (χ3n) is 6.54. The maximum atomic E-state index is 12.3. The average Bonchev–Trinajstić information content (AvgIpc) is 3.52. The number of ether oxygens (including phenoxy) is 1. The highest BCUT2D eigenvalue weighted by molar-refractivity contribution is 6.36. The molecule has 0 unspecified atom stereocenters. The van der Waals surface area contributed by atoms with Crippen molar-refractivity contribution in [3.05, 3.63) is 82.0 Å². The lowest BCUT2D eigenvalue weighted by atomic mass is 10.1. The Morgan fingerprint density at radius 2 is 1.69 bits per heavy atom.